The largest absolute Gasteiger partial charge is 0.462 e. The summed E-state index contributed by atoms with van der Waals surface area (Å²) in [6.45, 7) is 13.5. The maximum absolute atomic E-state index is 11.9. The first kappa shape index (κ1) is 22.2. The molecule has 1 aliphatic rings. The van der Waals surface area contributed by atoms with Crippen LogP contribution in [0.25, 0.3) is 0 Å². The molecule has 0 aliphatic carbocycles. The summed E-state index contributed by atoms with van der Waals surface area (Å²) in [4.78, 5) is 28.0. The van der Waals surface area contributed by atoms with Gasteiger partial charge in [-0.25, -0.2) is 9.78 Å². The Hall–Kier alpha value is -1.86. The minimum Gasteiger partial charge on any atom is -0.462 e. The first-order chi connectivity index (χ1) is 12.2. The Bertz CT molecular complexity index is 611. The number of pyridine rings is 1. The van der Waals surface area contributed by atoms with Crippen molar-refractivity contribution in [2.45, 2.75) is 40.2 Å². The number of carbonyl (C=O) groups is 2. The van der Waals surface area contributed by atoms with Gasteiger partial charge in [0.05, 0.1) is 12.2 Å². The van der Waals surface area contributed by atoms with Crippen LogP contribution in [0.15, 0.2) is 6.07 Å². The van der Waals surface area contributed by atoms with Crippen molar-refractivity contribution in [1.82, 2.24) is 10.3 Å². The van der Waals surface area contributed by atoms with Gasteiger partial charge in [0.2, 0.25) is 0 Å². The number of nitrogens with zero attached hydrogens (tertiary/aromatic N) is 2. The SMILES string of the molecule is CC(C)(C)OC=O.CCOC(=O)c1cc(Cl)nc(N2CCNCC2)c1C. The normalized spacial score (nSPS) is 14.2. The van der Waals surface area contributed by atoms with Crippen molar-refractivity contribution < 1.29 is 19.1 Å². The summed E-state index contributed by atoms with van der Waals surface area (Å²) in [5.74, 6) is 0.428. The molecule has 1 aromatic rings. The van der Waals surface area contributed by atoms with Crippen LogP contribution >= 0.6 is 11.6 Å². The second-order valence-corrected chi connectivity index (χ2v) is 7.11. The Morgan fingerprint density at radius 2 is 2.00 bits per heavy atom. The molecule has 146 valence electrons. The molecular weight excluding hydrogens is 358 g/mol. The van der Waals surface area contributed by atoms with Crippen LogP contribution in [0.3, 0.4) is 0 Å². The van der Waals surface area contributed by atoms with E-state index in [4.69, 9.17) is 16.3 Å². The van der Waals surface area contributed by atoms with Crippen LogP contribution in [0.1, 0.15) is 43.6 Å². The molecule has 1 aromatic heterocycles. The number of halogens is 1. The predicted molar refractivity (Wildman–Crippen MR) is 102 cm³/mol. The fraction of sp³-hybridized carbons (Fsp3) is 0.611. The van der Waals surface area contributed by atoms with Crippen molar-refractivity contribution >= 4 is 29.9 Å². The summed E-state index contributed by atoms with van der Waals surface area (Å²) >= 11 is 6.02. The Kier molecular flexibility index (Phi) is 8.81. The average molecular weight is 386 g/mol. The fourth-order valence-electron chi connectivity index (χ4n) is 2.31. The number of carbonyl (C=O) groups excluding carboxylic acids is 2. The lowest BCUT2D eigenvalue weighted by atomic mass is 10.1. The smallest absolute Gasteiger partial charge is 0.338 e. The van der Waals surface area contributed by atoms with Crippen molar-refractivity contribution in [3.8, 4) is 0 Å². The molecule has 0 spiro atoms. The topological polar surface area (TPSA) is 80.8 Å². The summed E-state index contributed by atoms with van der Waals surface area (Å²) in [6.07, 6.45) is 0. The van der Waals surface area contributed by atoms with Gasteiger partial charge in [-0.2, -0.15) is 0 Å². The lowest BCUT2D eigenvalue weighted by Gasteiger charge is -2.30. The predicted octanol–water partition coefficient (Wildman–Crippen LogP) is 2.59. The number of hydrogen-bond acceptors (Lipinski definition) is 7. The Morgan fingerprint density at radius 1 is 1.38 bits per heavy atom. The van der Waals surface area contributed by atoms with Gasteiger partial charge in [0.1, 0.15) is 16.6 Å². The van der Waals surface area contributed by atoms with Gasteiger partial charge in [0.15, 0.2) is 0 Å². The molecule has 1 N–H and O–H groups in total. The number of nitrogens with one attached hydrogen (secondary N) is 1. The number of hydrogen-bond donors (Lipinski definition) is 1. The molecule has 1 fully saturated rings. The molecule has 0 bridgehead atoms. The maximum Gasteiger partial charge on any atom is 0.338 e. The van der Waals surface area contributed by atoms with Gasteiger partial charge < -0.3 is 19.7 Å². The van der Waals surface area contributed by atoms with E-state index in [0.29, 0.717) is 23.8 Å². The van der Waals surface area contributed by atoms with E-state index >= 15 is 0 Å². The summed E-state index contributed by atoms with van der Waals surface area (Å²) in [5.41, 5.74) is 1.00. The number of piperazine rings is 1. The number of anilines is 1. The van der Waals surface area contributed by atoms with Gasteiger partial charge in [-0.1, -0.05) is 11.6 Å². The van der Waals surface area contributed by atoms with E-state index < -0.39 is 0 Å². The third-order valence-corrected chi connectivity index (χ3v) is 3.72. The van der Waals surface area contributed by atoms with Crippen LogP contribution in [-0.2, 0) is 14.3 Å². The molecule has 0 amide bonds. The van der Waals surface area contributed by atoms with Crippen molar-refractivity contribution in [1.29, 1.82) is 0 Å². The molecule has 1 saturated heterocycles. The molecule has 1 aliphatic heterocycles. The number of esters is 1. The Labute approximate surface area is 160 Å². The van der Waals surface area contributed by atoms with Crippen LogP contribution in [-0.4, -0.2) is 55.8 Å². The van der Waals surface area contributed by atoms with Crippen molar-refractivity contribution in [3.05, 3.63) is 22.3 Å². The van der Waals surface area contributed by atoms with Gasteiger partial charge in [-0.05, 0) is 40.7 Å². The lowest BCUT2D eigenvalue weighted by molar-refractivity contribution is -0.138. The molecular formula is C18H28ClN3O4. The standard InChI is InChI=1S/C13H18ClN3O2.C5H10O2/c1-3-19-13(18)10-8-11(14)16-12(9(10)2)17-6-4-15-5-7-17;1-5(2,3)7-4-6/h8,15H,3-7H2,1-2H3;4H,1-3H3. The molecule has 0 radical (unpaired) electrons. The van der Waals surface area contributed by atoms with Crippen LogP contribution in [0.4, 0.5) is 5.82 Å². The van der Waals surface area contributed by atoms with Crippen LogP contribution in [0.2, 0.25) is 5.15 Å². The fourth-order valence-corrected chi connectivity index (χ4v) is 2.50. The van der Waals surface area contributed by atoms with Crippen LogP contribution in [0.5, 0.6) is 0 Å². The molecule has 2 rings (SSSR count). The monoisotopic (exact) mass is 385 g/mol. The summed E-state index contributed by atoms with van der Waals surface area (Å²) < 4.78 is 9.60. The minimum absolute atomic E-state index is 0.318. The van der Waals surface area contributed by atoms with Crippen LogP contribution < -0.4 is 10.2 Å². The third-order valence-electron chi connectivity index (χ3n) is 3.53. The number of ether oxygens (including phenoxy) is 2. The number of aromatic nitrogens is 1. The van der Waals surface area contributed by atoms with E-state index in [0.717, 1.165) is 37.6 Å². The quantitative estimate of drug-likeness (QED) is 0.484. The van der Waals surface area contributed by atoms with Gasteiger partial charge in [0, 0.05) is 31.7 Å². The highest BCUT2D eigenvalue weighted by molar-refractivity contribution is 6.30. The highest BCUT2D eigenvalue weighted by atomic mass is 35.5. The van der Waals surface area contributed by atoms with E-state index in [2.05, 4.69) is 19.9 Å². The van der Waals surface area contributed by atoms with Gasteiger partial charge in [0.25, 0.3) is 6.47 Å². The summed E-state index contributed by atoms with van der Waals surface area (Å²) in [6, 6.07) is 1.57. The highest BCUT2D eigenvalue weighted by Crippen LogP contribution is 2.25. The second kappa shape index (κ2) is 10.3. The summed E-state index contributed by atoms with van der Waals surface area (Å²) in [5, 5.41) is 3.60. The van der Waals surface area contributed by atoms with Gasteiger partial charge in [-0.15, -0.1) is 0 Å². The van der Waals surface area contributed by atoms with E-state index in [-0.39, 0.29) is 11.6 Å². The molecule has 2 heterocycles. The van der Waals surface area contributed by atoms with E-state index in [9.17, 15) is 9.59 Å². The van der Waals surface area contributed by atoms with E-state index in [1.807, 2.05) is 27.7 Å². The Balaban J connectivity index is 0.000000412. The van der Waals surface area contributed by atoms with Crippen LogP contribution in [0, 0.1) is 6.92 Å². The zero-order valence-electron chi connectivity index (χ0n) is 16.1. The van der Waals surface area contributed by atoms with Crippen molar-refractivity contribution in [3.63, 3.8) is 0 Å². The number of rotatable bonds is 4. The highest BCUT2D eigenvalue weighted by Gasteiger charge is 2.20. The average Bonchev–Trinajstić information content (AvgIpc) is 2.57. The maximum atomic E-state index is 11.9. The van der Waals surface area contributed by atoms with E-state index in [1.54, 1.807) is 13.0 Å². The first-order valence-corrected chi connectivity index (χ1v) is 8.98. The van der Waals surface area contributed by atoms with E-state index in [1.165, 1.54) is 0 Å². The lowest BCUT2D eigenvalue weighted by Crippen LogP contribution is -2.44. The van der Waals surface area contributed by atoms with Crippen molar-refractivity contribution in [2.75, 3.05) is 37.7 Å². The van der Waals surface area contributed by atoms with Crippen molar-refractivity contribution in [2.24, 2.45) is 0 Å². The van der Waals surface area contributed by atoms with Gasteiger partial charge in [-0.3, -0.25) is 4.79 Å². The minimum atomic E-state index is -0.347. The molecule has 8 heteroatoms. The first-order valence-electron chi connectivity index (χ1n) is 8.61. The molecule has 0 unspecified atom stereocenters. The molecule has 7 nitrogen and oxygen atoms in total. The Morgan fingerprint density at radius 3 is 2.46 bits per heavy atom. The summed E-state index contributed by atoms with van der Waals surface area (Å²) in [7, 11) is 0. The molecule has 26 heavy (non-hydrogen) atoms. The zero-order chi connectivity index (χ0) is 19.7. The second-order valence-electron chi connectivity index (χ2n) is 6.73. The molecule has 0 saturated carbocycles. The third kappa shape index (κ3) is 7.17. The zero-order valence-corrected chi connectivity index (χ0v) is 16.9. The molecule has 0 atom stereocenters. The van der Waals surface area contributed by atoms with Gasteiger partial charge >= 0.3 is 5.97 Å². The molecule has 0 aromatic carbocycles.